The van der Waals surface area contributed by atoms with Gasteiger partial charge in [0.15, 0.2) is 11.5 Å². The molecule has 3 rings (SSSR count). The molecule has 1 unspecified atom stereocenters. The number of aliphatic hydroxyl groups is 1. The predicted molar refractivity (Wildman–Crippen MR) is 115 cm³/mol. The topological polar surface area (TPSA) is 118 Å². The molecule has 2 aromatic rings. The summed E-state index contributed by atoms with van der Waals surface area (Å²) in [4.78, 5) is 24.5. The van der Waals surface area contributed by atoms with Gasteiger partial charge in [-0.25, -0.2) is 10.2 Å². The molecule has 1 aliphatic rings. The number of carbonyl (C=O) groups excluding carboxylic acids is 2. The van der Waals surface area contributed by atoms with Crippen molar-refractivity contribution < 1.29 is 28.9 Å². The van der Waals surface area contributed by atoms with E-state index in [2.05, 4.69) is 16.2 Å². The molecule has 1 atom stereocenters. The van der Waals surface area contributed by atoms with Gasteiger partial charge in [-0.15, -0.1) is 0 Å². The van der Waals surface area contributed by atoms with Crippen molar-refractivity contribution >= 4 is 17.7 Å². The maximum atomic E-state index is 12.7. The number of fused-ring (bicyclic) bond motifs is 1. The van der Waals surface area contributed by atoms with Gasteiger partial charge in [0.2, 0.25) is 12.7 Å². The Balaban J connectivity index is 1.62. The molecule has 2 amide bonds. The van der Waals surface area contributed by atoms with Crippen molar-refractivity contribution in [3.63, 3.8) is 0 Å². The van der Waals surface area contributed by atoms with Gasteiger partial charge in [0.1, 0.15) is 11.1 Å². The number of amides is 2. The quantitative estimate of drug-likeness (QED) is 0.522. The minimum atomic E-state index is -1.47. The van der Waals surface area contributed by atoms with Gasteiger partial charge in [0.05, 0.1) is 6.61 Å². The normalized spacial score (nSPS) is 14.5. The molecule has 31 heavy (non-hydrogen) atoms. The monoisotopic (exact) mass is 429 g/mol. The van der Waals surface area contributed by atoms with Crippen LogP contribution < -0.4 is 25.6 Å². The second kappa shape index (κ2) is 8.83. The van der Waals surface area contributed by atoms with E-state index in [9.17, 15) is 14.7 Å². The van der Waals surface area contributed by atoms with Gasteiger partial charge in [-0.2, -0.15) is 0 Å². The molecule has 0 saturated heterocycles. The molecule has 0 aromatic heterocycles. The highest BCUT2D eigenvalue weighted by atomic mass is 16.7. The lowest BCUT2D eigenvalue weighted by Crippen LogP contribution is -2.61. The van der Waals surface area contributed by atoms with Crippen molar-refractivity contribution in [2.24, 2.45) is 0 Å². The van der Waals surface area contributed by atoms with Gasteiger partial charge in [-0.05, 0) is 63.1 Å². The first-order valence-electron chi connectivity index (χ1n) is 9.78. The molecule has 9 heteroatoms. The van der Waals surface area contributed by atoms with Crippen LogP contribution in [0.15, 0.2) is 42.5 Å². The molecule has 0 fully saturated rings. The van der Waals surface area contributed by atoms with Gasteiger partial charge in [-0.1, -0.05) is 18.2 Å². The molecule has 0 spiro atoms. The molecular formula is C22H27N3O6. The SMILES string of the molecule is CC(C)(C)OC(=O)NNC(C)(CO)C(=O)Nc1ccc(-c2ccc3c(c2)OCO3)cc1. The summed E-state index contributed by atoms with van der Waals surface area (Å²) in [5.41, 5.74) is 5.10. The van der Waals surface area contributed by atoms with Crippen LogP contribution in [0.2, 0.25) is 0 Å². The van der Waals surface area contributed by atoms with E-state index in [0.29, 0.717) is 17.2 Å². The Bertz CT molecular complexity index is 955. The first-order chi connectivity index (χ1) is 14.6. The maximum Gasteiger partial charge on any atom is 0.422 e. The van der Waals surface area contributed by atoms with Crippen LogP contribution in [0.25, 0.3) is 11.1 Å². The first kappa shape index (κ1) is 22.4. The molecule has 4 N–H and O–H groups in total. The van der Waals surface area contributed by atoms with E-state index < -0.39 is 29.7 Å². The minimum Gasteiger partial charge on any atom is -0.454 e. The predicted octanol–water partition coefficient (Wildman–Crippen LogP) is 2.80. The smallest absolute Gasteiger partial charge is 0.422 e. The highest BCUT2D eigenvalue weighted by Crippen LogP contribution is 2.36. The van der Waals surface area contributed by atoms with Crippen molar-refractivity contribution in [3.05, 3.63) is 42.5 Å². The zero-order valence-electron chi connectivity index (χ0n) is 17.9. The van der Waals surface area contributed by atoms with Crippen molar-refractivity contribution in [1.82, 2.24) is 10.9 Å². The first-order valence-corrected chi connectivity index (χ1v) is 9.78. The Morgan fingerprint density at radius 3 is 2.29 bits per heavy atom. The summed E-state index contributed by atoms with van der Waals surface area (Å²) in [5.74, 6) is 0.877. The van der Waals surface area contributed by atoms with E-state index in [-0.39, 0.29) is 6.79 Å². The average molecular weight is 429 g/mol. The molecule has 0 bridgehead atoms. The van der Waals surface area contributed by atoms with Crippen molar-refractivity contribution in [2.45, 2.75) is 38.8 Å². The van der Waals surface area contributed by atoms with Gasteiger partial charge in [0.25, 0.3) is 0 Å². The van der Waals surface area contributed by atoms with Crippen molar-refractivity contribution in [3.8, 4) is 22.6 Å². The third-order valence-corrected chi connectivity index (χ3v) is 4.51. The Morgan fingerprint density at radius 1 is 1.00 bits per heavy atom. The maximum absolute atomic E-state index is 12.7. The van der Waals surface area contributed by atoms with E-state index in [1.165, 1.54) is 6.92 Å². The number of hydrazine groups is 1. The summed E-state index contributed by atoms with van der Waals surface area (Å²) in [6, 6.07) is 12.9. The van der Waals surface area contributed by atoms with Crippen molar-refractivity contribution in [1.29, 1.82) is 0 Å². The van der Waals surface area contributed by atoms with Gasteiger partial charge >= 0.3 is 6.09 Å². The summed E-state index contributed by atoms with van der Waals surface area (Å²) in [6.07, 6.45) is -0.756. The number of carbonyl (C=O) groups is 2. The number of hydrogen-bond donors (Lipinski definition) is 4. The molecule has 2 aromatic carbocycles. The largest absolute Gasteiger partial charge is 0.454 e. The number of aliphatic hydroxyl groups excluding tert-OH is 1. The summed E-state index contributed by atoms with van der Waals surface area (Å²) in [6.45, 7) is 6.28. The van der Waals surface area contributed by atoms with Crippen molar-refractivity contribution in [2.75, 3.05) is 18.7 Å². The highest BCUT2D eigenvalue weighted by Gasteiger charge is 2.33. The minimum absolute atomic E-state index is 0.213. The summed E-state index contributed by atoms with van der Waals surface area (Å²) in [5, 5.41) is 12.4. The summed E-state index contributed by atoms with van der Waals surface area (Å²) < 4.78 is 15.8. The Labute approximate surface area is 180 Å². The number of benzene rings is 2. The van der Waals surface area contributed by atoms with E-state index >= 15 is 0 Å². The Hall–Kier alpha value is -3.30. The molecule has 0 radical (unpaired) electrons. The fourth-order valence-electron chi connectivity index (χ4n) is 2.75. The van der Waals surface area contributed by atoms with Gasteiger partial charge in [-0.3, -0.25) is 10.2 Å². The van der Waals surface area contributed by atoms with Crippen LogP contribution >= 0.6 is 0 Å². The lowest BCUT2D eigenvalue weighted by atomic mass is 10.0. The number of ether oxygens (including phenoxy) is 3. The van der Waals surface area contributed by atoms with E-state index in [1.54, 1.807) is 32.9 Å². The number of anilines is 1. The molecule has 9 nitrogen and oxygen atoms in total. The molecule has 0 aliphatic carbocycles. The molecule has 1 heterocycles. The third-order valence-electron chi connectivity index (χ3n) is 4.51. The highest BCUT2D eigenvalue weighted by molar-refractivity contribution is 5.98. The molecule has 166 valence electrons. The van der Waals surface area contributed by atoms with Crippen LogP contribution in [0.4, 0.5) is 10.5 Å². The van der Waals surface area contributed by atoms with Crippen LogP contribution in [0.5, 0.6) is 11.5 Å². The zero-order valence-corrected chi connectivity index (χ0v) is 17.9. The average Bonchev–Trinajstić information content (AvgIpc) is 3.19. The van der Waals surface area contributed by atoms with E-state index in [4.69, 9.17) is 14.2 Å². The second-order valence-electron chi connectivity index (χ2n) is 8.34. The van der Waals surface area contributed by atoms with E-state index in [1.807, 2.05) is 30.3 Å². The van der Waals surface area contributed by atoms with Crippen LogP contribution in [0, 0.1) is 0 Å². The standard InChI is InChI=1S/C22H27N3O6/c1-21(2,3)31-20(28)24-25-22(4,12-26)19(27)23-16-8-5-14(6-9-16)15-7-10-17-18(11-15)30-13-29-17/h5-11,25-26H,12-13H2,1-4H3,(H,23,27)(H,24,28). The van der Waals surface area contributed by atoms with Crippen LogP contribution in [-0.4, -0.2) is 41.6 Å². The lowest BCUT2D eigenvalue weighted by molar-refractivity contribution is -0.123. The Kier molecular flexibility index (Phi) is 6.37. The fraction of sp³-hybridized carbons (Fsp3) is 0.364. The van der Waals surface area contributed by atoms with Crippen LogP contribution in [0.1, 0.15) is 27.7 Å². The number of rotatable bonds is 6. The number of nitrogens with one attached hydrogen (secondary N) is 3. The molecular weight excluding hydrogens is 402 g/mol. The third kappa shape index (κ3) is 5.65. The van der Waals surface area contributed by atoms with Gasteiger partial charge < -0.3 is 24.6 Å². The number of hydrogen-bond acceptors (Lipinski definition) is 7. The molecule has 0 saturated carbocycles. The lowest BCUT2D eigenvalue weighted by Gasteiger charge is -2.28. The summed E-state index contributed by atoms with van der Waals surface area (Å²) in [7, 11) is 0. The van der Waals surface area contributed by atoms with Crippen LogP contribution in [0.3, 0.4) is 0 Å². The zero-order chi connectivity index (χ0) is 22.6. The van der Waals surface area contributed by atoms with Crippen LogP contribution in [-0.2, 0) is 9.53 Å². The van der Waals surface area contributed by atoms with Gasteiger partial charge in [0, 0.05) is 5.69 Å². The Morgan fingerprint density at radius 2 is 1.65 bits per heavy atom. The fourth-order valence-corrected chi connectivity index (χ4v) is 2.75. The molecule has 1 aliphatic heterocycles. The second-order valence-corrected chi connectivity index (χ2v) is 8.34. The van der Waals surface area contributed by atoms with E-state index in [0.717, 1.165) is 11.1 Å². The summed E-state index contributed by atoms with van der Waals surface area (Å²) >= 11 is 0.